The molecule has 688 valence electrons. The highest BCUT2D eigenvalue weighted by molar-refractivity contribution is 9.09. The van der Waals surface area contributed by atoms with Gasteiger partial charge in [-0.1, -0.05) is 22.4 Å². The van der Waals surface area contributed by atoms with E-state index in [1.807, 2.05) is 114 Å². The van der Waals surface area contributed by atoms with Gasteiger partial charge in [0.2, 0.25) is 23.8 Å². The topological polar surface area (TPSA) is 438 Å². The molecule has 5 aliphatic heterocycles. The van der Waals surface area contributed by atoms with Gasteiger partial charge in [-0.15, -0.1) is 0 Å². The average molecular weight is 1770 g/mol. The van der Waals surface area contributed by atoms with E-state index in [1.165, 1.54) is 12.2 Å². The predicted octanol–water partition coefficient (Wildman–Crippen LogP) is 2.94. The van der Waals surface area contributed by atoms with Crippen molar-refractivity contribution in [3.63, 3.8) is 0 Å². The van der Waals surface area contributed by atoms with Crippen LogP contribution in [0.25, 0.3) is 0 Å². The van der Waals surface area contributed by atoms with Crippen molar-refractivity contribution in [2.45, 2.75) is 234 Å². The van der Waals surface area contributed by atoms with Gasteiger partial charge in [-0.3, -0.25) is 106 Å². The molecule has 6 aliphatic rings. The average Bonchev–Trinajstić information content (AvgIpc) is 2.39. The summed E-state index contributed by atoms with van der Waals surface area (Å²) >= 11 is 3.35. The van der Waals surface area contributed by atoms with Crippen LogP contribution in [-0.2, 0) is 95.5 Å². The molecule has 1 unspecified atom stereocenters. The van der Waals surface area contributed by atoms with Crippen LogP contribution in [0.2, 0.25) is 0 Å². The van der Waals surface area contributed by atoms with Crippen LogP contribution in [0.15, 0.2) is 12.2 Å². The van der Waals surface area contributed by atoms with Crippen LogP contribution in [-0.4, -0.2) is 389 Å². The van der Waals surface area contributed by atoms with Crippen molar-refractivity contribution >= 4 is 98.8 Å². The number of rotatable bonds is 34. The fourth-order valence-electron chi connectivity index (χ4n) is 12.8. The number of nitrogens with two attached hydrogens (primary N) is 1. The van der Waals surface area contributed by atoms with Crippen molar-refractivity contribution in [1.82, 2.24) is 59.6 Å². The largest absolute Gasteiger partial charge is 0.480 e. The maximum Gasteiger partial charge on any atom is 0.320 e. The number of nitrogens with zero attached hydrogens (tertiary/aromatic N) is 10. The van der Waals surface area contributed by atoms with Gasteiger partial charge in [0.15, 0.2) is 17.9 Å². The third-order valence-corrected chi connectivity index (χ3v) is 19.0. The number of alkyl halides is 1. The van der Waals surface area contributed by atoms with E-state index in [2.05, 4.69) is 56.0 Å². The Bertz CT molecular complexity index is 3130. The van der Waals surface area contributed by atoms with Crippen LogP contribution in [0.4, 0.5) is 0 Å². The molecule has 1 atom stereocenters. The van der Waals surface area contributed by atoms with Gasteiger partial charge in [-0.25, -0.2) is 0 Å². The van der Waals surface area contributed by atoms with Crippen molar-refractivity contribution in [2.24, 2.45) is 5.73 Å². The number of carbonyl (C=O) groups is 14. The van der Waals surface area contributed by atoms with Gasteiger partial charge in [0.1, 0.15) is 22.4 Å². The summed E-state index contributed by atoms with van der Waals surface area (Å²) in [6, 6.07) is 0. The van der Waals surface area contributed by atoms with Gasteiger partial charge >= 0.3 is 41.8 Å². The van der Waals surface area contributed by atoms with Gasteiger partial charge in [0, 0.05) is 200 Å². The smallest absolute Gasteiger partial charge is 0.320 e. The fourth-order valence-corrected chi connectivity index (χ4v) is 13.1. The van der Waals surface area contributed by atoms with Crippen LogP contribution in [0, 0.1) is 0 Å². The Morgan fingerprint density at radius 1 is 0.433 bits per heavy atom. The molecule has 0 bridgehead atoms. The second-order valence-electron chi connectivity index (χ2n) is 35.4. The zero-order valence-corrected chi connectivity index (χ0v) is 76.1. The third kappa shape index (κ3) is 54.6. The number of carboxylic acids is 2. The summed E-state index contributed by atoms with van der Waals surface area (Å²) in [5, 5.41) is 35.7. The standard InChI is InChI=1S/C22H46N4O4.C21H33N5O7.C18H35N3O4.C12H13NO6.C10H19BrO2/c1-21(2,3)29-19(27)17-25-13-11-24(10-8-7-9-23)12-14-26(16-15-25)18-20(28)30-22(4,5)6;27-17(5-8-26-18(28)3-4-19(26)29)22-6-1-2-7-23-9-11-24(15-20(30)31)13-14-25(12-10-23)16-21(32)33;1-17(2,3)24-15(22)13-20-9-7-19-8-10-21(12-11-20)14-16(23)25-18(4,5)6;14-7-1-2-8(15)12(7)19-11(18)5-6-13-9(16)3-4-10(13)17;1-10(2,3)13-9(12)7-5-4-6-8-11/h19,27H,7-18,23H2,1-6H3;3-4H,1-2,5-16H2,(H,22,27)(H,30,31)(H,32,33);19H,7-14H2,1-6H3;12H,1-6H2;4-8H2,1-3H3. The first-order chi connectivity index (χ1) is 56.0. The summed E-state index contributed by atoms with van der Waals surface area (Å²) in [4.78, 5) is 180. The number of amides is 5. The number of halogens is 1. The molecular weight excluding hydrogens is 1630 g/mol. The summed E-state index contributed by atoms with van der Waals surface area (Å²) in [5.41, 5.74) is 3.49. The zero-order valence-electron chi connectivity index (χ0n) is 74.6. The molecule has 0 radical (unpaired) electrons. The third-order valence-electron chi connectivity index (χ3n) is 18.5. The van der Waals surface area contributed by atoms with Crippen LogP contribution >= 0.6 is 15.9 Å². The Hall–Kier alpha value is -6.88. The number of carboxylic acid groups (broad SMARTS) is 2. The molecule has 5 fully saturated rings. The lowest BCUT2D eigenvalue weighted by Crippen LogP contribution is -2.43. The number of unbranched alkanes of at least 4 members (excludes halogenated alkanes) is 4. The molecule has 5 heterocycles. The molecule has 7 N–H and O–H groups in total. The van der Waals surface area contributed by atoms with Gasteiger partial charge < -0.3 is 69.9 Å². The number of carbonyl (C=O) groups excluding carboxylic acids is 12. The first-order valence-corrected chi connectivity index (χ1v) is 43.4. The molecule has 6 rings (SSSR count). The summed E-state index contributed by atoms with van der Waals surface area (Å²) in [7, 11) is 0. The predicted molar refractivity (Wildman–Crippen MR) is 453 cm³/mol. The number of aliphatic hydroxyl groups excluding tert-OH is 1. The number of nitrogens with one attached hydrogen (secondary N) is 2. The van der Waals surface area contributed by atoms with Crippen LogP contribution in [0.5, 0.6) is 0 Å². The summed E-state index contributed by atoms with van der Waals surface area (Å²) in [6.07, 6.45) is 7.95. The van der Waals surface area contributed by atoms with E-state index in [1.54, 1.807) is 0 Å². The number of ether oxygens (including phenoxy) is 6. The van der Waals surface area contributed by atoms with Crippen molar-refractivity contribution in [1.29, 1.82) is 0 Å². The van der Waals surface area contributed by atoms with E-state index < -0.39 is 76.1 Å². The van der Waals surface area contributed by atoms with E-state index in [9.17, 15) is 72.2 Å². The van der Waals surface area contributed by atoms with Crippen molar-refractivity contribution in [3.8, 4) is 0 Å². The Morgan fingerprint density at radius 3 is 1.20 bits per heavy atom. The second-order valence-corrected chi connectivity index (χ2v) is 36.2. The quantitative estimate of drug-likeness (QED) is 0.0103. The minimum absolute atomic E-state index is 0.0595. The van der Waals surface area contributed by atoms with Crippen LogP contribution in [0.3, 0.4) is 0 Å². The van der Waals surface area contributed by atoms with Gasteiger partial charge in [0.25, 0.3) is 11.8 Å². The molecule has 1 aliphatic carbocycles. The Labute approximate surface area is 719 Å². The number of likely N-dealkylation sites (tertiary alicyclic amines) is 1. The molecule has 37 heteroatoms. The number of hydrogen-bond acceptors (Lipinski definition) is 31. The molecule has 0 aromatic rings. The Kier molecular flexibility index (Phi) is 51.7. The fraction of sp³-hybridized carbons (Fsp3) is 0.807. The number of hydrogen-bond donors (Lipinski definition) is 6. The molecule has 0 aromatic heterocycles. The van der Waals surface area contributed by atoms with Crippen LogP contribution in [0.1, 0.15) is 194 Å². The lowest BCUT2D eigenvalue weighted by Gasteiger charge is -2.30. The maximum absolute atomic E-state index is 12.4. The number of aliphatic hydroxyl groups is 1. The summed E-state index contributed by atoms with van der Waals surface area (Å²) < 4.78 is 32.0. The van der Waals surface area contributed by atoms with E-state index in [4.69, 9.17) is 44.4 Å². The Morgan fingerprint density at radius 2 is 0.808 bits per heavy atom. The normalized spacial score (nSPS) is 18.5. The monoisotopic (exact) mass is 1770 g/mol. The van der Waals surface area contributed by atoms with Gasteiger partial charge in [0.05, 0.1) is 44.7 Å². The van der Waals surface area contributed by atoms with Crippen molar-refractivity contribution in [3.05, 3.63) is 12.2 Å². The molecule has 1 saturated carbocycles. The number of aliphatic carboxylic acids is 2. The zero-order chi connectivity index (χ0) is 90.4. The first kappa shape index (κ1) is 109. The molecule has 4 saturated heterocycles. The van der Waals surface area contributed by atoms with E-state index in [0.29, 0.717) is 78.4 Å². The van der Waals surface area contributed by atoms with Crippen molar-refractivity contribution in [2.75, 3.05) is 202 Å². The summed E-state index contributed by atoms with van der Waals surface area (Å²) in [5.74, 6) is -5.72. The van der Waals surface area contributed by atoms with Crippen molar-refractivity contribution < 1.29 is 111 Å². The molecule has 0 spiro atoms. The van der Waals surface area contributed by atoms with Gasteiger partial charge in [-0.2, -0.15) is 0 Å². The van der Waals surface area contributed by atoms with Gasteiger partial charge in [-0.05, 0) is 162 Å². The molecule has 120 heavy (non-hydrogen) atoms. The highest BCUT2D eigenvalue weighted by Crippen LogP contribution is 2.19. The minimum atomic E-state index is -1.29. The number of imide groups is 2. The second kappa shape index (κ2) is 56.8. The maximum atomic E-state index is 12.4. The molecule has 5 amide bonds. The number of Topliss-reactive ketones (excluding diaryl/α,β-unsaturated/α-hetero) is 2. The SMILES string of the molecule is CC(C)(C)OC(=O)CCCCCBr.CC(C)(C)OC(=O)CN1CCN(CCCCN)CCN(CC(O)OC(C)(C)C)CC1.CC(C)(C)OC(=O)CN1CCNCCN(CC(=O)OC(C)(C)C)CC1.O=C(CCN1C(=O)CCC1=O)OC1C(=O)CCC1=O.O=C(O)CN1CCN(CCCCNC(=O)CCN2C(=O)C=CC2=O)CCN(CC(=O)O)CC1. The van der Waals surface area contributed by atoms with E-state index in [-0.39, 0.29) is 132 Å². The molecule has 0 aromatic carbocycles. The first-order valence-electron chi connectivity index (χ1n) is 42.3. The minimum Gasteiger partial charge on any atom is -0.480 e. The molecular formula is C83H146BrN13O23. The lowest BCUT2D eigenvalue weighted by molar-refractivity contribution is -0.174. The highest BCUT2D eigenvalue weighted by Gasteiger charge is 2.37. The van der Waals surface area contributed by atoms with E-state index in [0.717, 1.165) is 139 Å². The molecule has 36 nitrogen and oxygen atoms in total. The van der Waals surface area contributed by atoms with E-state index >= 15 is 0 Å². The highest BCUT2D eigenvalue weighted by atomic mass is 79.9. The number of ketones is 2. The van der Waals surface area contributed by atoms with Crippen LogP contribution < -0.4 is 16.4 Å². The lowest BCUT2D eigenvalue weighted by atomic mass is 10.2. The number of β-amino-alcohol motifs (C(OH)–C–C–N with tert-alkyl or cyclic N) is 1. The number of esters is 5. The summed E-state index contributed by atoms with van der Waals surface area (Å²) in [6.45, 7) is 45.6. The Balaban J connectivity index is 0.000000523.